The van der Waals surface area contributed by atoms with Gasteiger partial charge in [-0.2, -0.15) is 0 Å². The van der Waals surface area contributed by atoms with Crippen LogP contribution in [0.25, 0.3) is 0 Å². The van der Waals surface area contributed by atoms with Crippen LogP contribution in [0.3, 0.4) is 0 Å². The third kappa shape index (κ3) is 3.79. The number of halogens is 1. The van der Waals surface area contributed by atoms with E-state index < -0.39 is 11.9 Å². The summed E-state index contributed by atoms with van der Waals surface area (Å²) in [4.78, 5) is 25.1. The topological polar surface area (TPSA) is 72.6 Å². The van der Waals surface area contributed by atoms with Crippen LogP contribution in [0.15, 0.2) is 42.5 Å². The molecule has 5 nitrogen and oxygen atoms in total. The number of nitrogens with two attached hydrogens (primary N) is 1. The molecule has 0 fully saturated rings. The van der Waals surface area contributed by atoms with Gasteiger partial charge in [-0.05, 0) is 47.9 Å². The molecule has 0 spiro atoms. The summed E-state index contributed by atoms with van der Waals surface area (Å²) < 4.78 is 18.6. The summed E-state index contributed by atoms with van der Waals surface area (Å²) in [5, 5.41) is 0. The van der Waals surface area contributed by atoms with E-state index in [4.69, 9.17) is 10.5 Å². The van der Waals surface area contributed by atoms with Crippen molar-refractivity contribution in [2.24, 2.45) is 5.73 Å². The average molecular weight is 342 g/mol. The number of fused-ring (bicyclic) bond motifs is 1. The Morgan fingerprint density at radius 2 is 1.96 bits per heavy atom. The zero-order chi connectivity index (χ0) is 18.0. The van der Waals surface area contributed by atoms with Gasteiger partial charge in [-0.15, -0.1) is 0 Å². The minimum absolute atomic E-state index is 0.130. The Bertz CT molecular complexity index is 805. The van der Waals surface area contributed by atoms with Crippen LogP contribution < -0.4 is 10.5 Å². The SMILES string of the molecule is C[C@@H](C(N)=O)N1Cc2ccc(OCc3ccc(F)cc3)cc2CC1=O. The van der Waals surface area contributed by atoms with Crippen LogP contribution in [-0.4, -0.2) is 22.8 Å². The number of primary amides is 1. The number of benzene rings is 2. The molecule has 2 amide bonds. The Labute approximate surface area is 145 Å². The third-order valence-corrected chi connectivity index (χ3v) is 4.38. The number of hydrogen-bond acceptors (Lipinski definition) is 3. The van der Waals surface area contributed by atoms with Crippen molar-refractivity contribution in [2.45, 2.75) is 32.5 Å². The largest absolute Gasteiger partial charge is 0.489 e. The molecule has 2 aromatic rings. The van der Waals surface area contributed by atoms with Gasteiger partial charge < -0.3 is 15.4 Å². The fourth-order valence-corrected chi connectivity index (χ4v) is 2.80. The first-order valence-corrected chi connectivity index (χ1v) is 8.02. The second-order valence-corrected chi connectivity index (χ2v) is 6.12. The maximum absolute atomic E-state index is 12.9. The summed E-state index contributed by atoms with van der Waals surface area (Å²) >= 11 is 0. The molecule has 2 aromatic carbocycles. The lowest BCUT2D eigenvalue weighted by atomic mass is 9.97. The Morgan fingerprint density at radius 1 is 1.24 bits per heavy atom. The predicted molar refractivity (Wildman–Crippen MR) is 90.1 cm³/mol. The number of ether oxygens (including phenoxy) is 1. The van der Waals surface area contributed by atoms with E-state index in [2.05, 4.69) is 0 Å². The molecule has 130 valence electrons. The number of carbonyl (C=O) groups excluding carboxylic acids is 2. The first kappa shape index (κ1) is 17.0. The first-order valence-electron chi connectivity index (χ1n) is 8.02. The summed E-state index contributed by atoms with van der Waals surface area (Å²) in [6.07, 6.45) is 0.209. The van der Waals surface area contributed by atoms with E-state index in [-0.39, 0.29) is 18.1 Å². The average Bonchev–Trinajstić information content (AvgIpc) is 2.59. The molecule has 0 saturated heterocycles. The second kappa shape index (κ2) is 6.93. The summed E-state index contributed by atoms with van der Waals surface area (Å²) in [7, 11) is 0. The monoisotopic (exact) mass is 342 g/mol. The molecular weight excluding hydrogens is 323 g/mol. The van der Waals surface area contributed by atoms with Crippen LogP contribution in [0.1, 0.15) is 23.6 Å². The molecule has 25 heavy (non-hydrogen) atoms. The van der Waals surface area contributed by atoms with Gasteiger partial charge in [-0.25, -0.2) is 4.39 Å². The second-order valence-electron chi connectivity index (χ2n) is 6.12. The fourth-order valence-electron chi connectivity index (χ4n) is 2.80. The van der Waals surface area contributed by atoms with Gasteiger partial charge in [0, 0.05) is 6.54 Å². The highest BCUT2D eigenvalue weighted by Crippen LogP contribution is 2.26. The van der Waals surface area contributed by atoms with Crippen molar-refractivity contribution in [1.82, 2.24) is 4.90 Å². The Balaban J connectivity index is 1.71. The van der Waals surface area contributed by atoms with Gasteiger partial charge in [0.2, 0.25) is 11.8 Å². The standard InChI is InChI=1S/C19H19FN2O3/c1-12(19(21)24)22-10-14-4-7-17(8-15(14)9-18(22)23)25-11-13-2-5-16(20)6-3-13/h2-8,12H,9-11H2,1H3,(H2,21,24)/t12-/m0/s1. The van der Waals surface area contributed by atoms with Crippen molar-refractivity contribution in [3.63, 3.8) is 0 Å². The Hall–Kier alpha value is -2.89. The van der Waals surface area contributed by atoms with Crippen LogP contribution >= 0.6 is 0 Å². The summed E-state index contributed by atoms with van der Waals surface area (Å²) in [6.45, 7) is 2.31. The molecule has 0 aromatic heterocycles. The molecule has 2 N–H and O–H groups in total. The third-order valence-electron chi connectivity index (χ3n) is 4.38. The van der Waals surface area contributed by atoms with E-state index in [0.29, 0.717) is 18.9 Å². The van der Waals surface area contributed by atoms with Crippen LogP contribution in [0.4, 0.5) is 4.39 Å². The summed E-state index contributed by atoms with van der Waals surface area (Å²) in [5.74, 6) is -0.288. The van der Waals surface area contributed by atoms with E-state index in [1.54, 1.807) is 19.1 Å². The van der Waals surface area contributed by atoms with Crippen molar-refractivity contribution in [2.75, 3.05) is 0 Å². The molecule has 6 heteroatoms. The van der Waals surface area contributed by atoms with E-state index in [1.165, 1.54) is 17.0 Å². The normalized spacial score (nSPS) is 14.8. The van der Waals surface area contributed by atoms with E-state index >= 15 is 0 Å². The van der Waals surface area contributed by atoms with Crippen LogP contribution in [-0.2, 0) is 29.2 Å². The predicted octanol–water partition coefficient (Wildman–Crippen LogP) is 2.16. The minimum atomic E-state index is -0.630. The number of nitrogens with zero attached hydrogens (tertiary/aromatic N) is 1. The van der Waals surface area contributed by atoms with Gasteiger partial charge in [0.05, 0.1) is 6.42 Å². The number of rotatable bonds is 5. The number of carbonyl (C=O) groups is 2. The molecule has 3 rings (SSSR count). The van der Waals surface area contributed by atoms with E-state index in [0.717, 1.165) is 16.7 Å². The zero-order valence-electron chi connectivity index (χ0n) is 13.9. The molecule has 1 aliphatic rings. The van der Waals surface area contributed by atoms with Gasteiger partial charge in [-0.3, -0.25) is 9.59 Å². The molecule has 0 saturated carbocycles. The highest BCUT2D eigenvalue weighted by Gasteiger charge is 2.29. The summed E-state index contributed by atoms with van der Waals surface area (Å²) in [5.41, 5.74) is 8.02. The van der Waals surface area contributed by atoms with Crippen LogP contribution in [0, 0.1) is 5.82 Å². The maximum atomic E-state index is 12.9. The molecule has 1 aliphatic heterocycles. The smallest absolute Gasteiger partial charge is 0.239 e. The molecule has 1 atom stereocenters. The fraction of sp³-hybridized carbons (Fsp3) is 0.263. The van der Waals surface area contributed by atoms with Gasteiger partial charge in [0.1, 0.15) is 24.2 Å². The molecule has 0 bridgehead atoms. The lowest BCUT2D eigenvalue weighted by Crippen LogP contribution is -2.48. The van der Waals surface area contributed by atoms with Gasteiger partial charge >= 0.3 is 0 Å². The van der Waals surface area contributed by atoms with Gasteiger partial charge in [-0.1, -0.05) is 18.2 Å². The van der Waals surface area contributed by atoms with Crippen molar-refractivity contribution < 1.29 is 18.7 Å². The van der Waals surface area contributed by atoms with Gasteiger partial charge in [0.15, 0.2) is 0 Å². The first-order chi connectivity index (χ1) is 11.9. The maximum Gasteiger partial charge on any atom is 0.239 e. The van der Waals surface area contributed by atoms with Crippen molar-refractivity contribution in [1.29, 1.82) is 0 Å². The molecule has 0 radical (unpaired) electrons. The molecule has 0 unspecified atom stereocenters. The molecular formula is C19H19FN2O3. The lowest BCUT2D eigenvalue weighted by molar-refractivity contribution is -0.139. The van der Waals surface area contributed by atoms with Crippen molar-refractivity contribution >= 4 is 11.8 Å². The highest BCUT2D eigenvalue weighted by molar-refractivity contribution is 5.88. The number of hydrogen-bond donors (Lipinski definition) is 1. The van der Waals surface area contributed by atoms with Crippen LogP contribution in [0.2, 0.25) is 0 Å². The van der Waals surface area contributed by atoms with E-state index in [9.17, 15) is 14.0 Å². The quantitative estimate of drug-likeness (QED) is 0.905. The minimum Gasteiger partial charge on any atom is -0.489 e. The number of amides is 2. The summed E-state index contributed by atoms with van der Waals surface area (Å²) in [6, 6.07) is 11.0. The van der Waals surface area contributed by atoms with Crippen molar-refractivity contribution in [3.05, 3.63) is 65.0 Å². The Morgan fingerprint density at radius 3 is 2.64 bits per heavy atom. The van der Waals surface area contributed by atoms with Crippen molar-refractivity contribution in [3.8, 4) is 5.75 Å². The zero-order valence-corrected chi connectivity index (χ0v) is 13.9. The Kier molecular flexibility index (Phi) is 4.70. The lowest BCUT2D eigenvalue weighted by Gasteiger charge is -2.32. The highest BCUT2D eigenvalue weighted by atomic mass is 19.1. The molecule has 1 heterocycles. The van der Waals surface area contributed by atoms with Gasteiger partial charge in [0.25, 0.3) is 0 Å². The van der Waals surface area contributed by atoms with E-state index in [1.807, 2.05) is 18.2 Å². The molecule has 0 aliphatic carbocycles. The van der Waals surface area contributed by atoms with Crippen LogP contribution in [0.5, 0.6) is 5.75 Å².